The van der Waals surface area contributed by atoms with E-state index in [1.165, 1.54) is 12.1 Å². The summed E-state index contributed by atoms with van der Waals surface area (Å²) in [6, 6.07) is 19.7. The minimum absolute atomic E-state index is 0.0226. The van der Waals surface area contributed by atoms with Gasteiger partial charge in [0.15, 0.2) is 0 Å². The number of amides is 1. The number of sulfonamides is 1. The number of carbonyl (C=O) groups is 1. The molecule has 33 heavy (non-hydrogen) atoms. The molecule has 0 aliphatic heterocycles. The lowest BCUT2D eigenvalue weighted by Gasteiger charge is -2.10. The van der Waals surface area contributed by atoms with Crippen LogP contribution in [0, 0.1) is 6.92 Å². The van der Waals surface area contributed by atoms with Gasteiger partial charge < -0.3 is 5.32 Å². The largest absolute Gasteiger partial charge is 0.326 e. The van der Waals surface area contributed by atoms with E-state index >= 15 is 0 Å². The summed E-state index contributed by atoms with van der Waals surface area (Å²) in [4.78, 5) is 24.9. The van der Waals surface area contributed by atoms with Crippen molar-refractivity contribution in [3.8, 4) is 0 Å². The number of benzene rings is 3. The second kappa shape index (κ2) is 9.21. The fraction of sp³-hybridized carbons (Fsp3) is 0.130. The first-order valence-corrected chi connectivity index (χ1v) is 11.6. The summed E-state index contributed by atoms with van der Waals surface area (Å²) in [5.41, 5.74) is 2.02. The third-order valence-electron chi connectivity index (χ3n) is 4.93. The van der Waals surface area contributed by atoms with Gasteiger partial charge in [-0.3, -0.25) is 14.3 Å². The molecule has 0 unspecified atom stereocenters. The number of aryl methyl sites for hydroxylation is 2. The first kappa shape index (κ1) is 22.2. The summed E-state index contributed by atoms with van der Waals surface area (Å²) in [6.45, 7) is 1.96. The third-order valence-corrected chi connectivity index (χ3v) is 6.33. The predicted molar refractivity (Wildman–Crippen MR) is 125 cm³/mol. The SMILES string of the molecule is Cc1ccc(S(=O)(=O)Nc2ccc(NC(=O)CCn3nnc4ccccc4c3=O)cc2)cc1. The highest BCUT2D eigenvalue weighted by atomic mass is 32.2. The van der Waals surface area contributed by atoms with Gasteiger partial charge >= 0.3 is 0 Å². The van der Waals surface area contributed by atoms with E-state index in [1.54, 1.807) is 60.7 Å². The zero-order chi connectivity index (χ0) is 23.4. The quantitative estimate of drug-likeness (QED) is 0.434. The van der Waals surface area contributed by atoms with E-state index in [-0.39, 0.29) is 29.3 Å². The molecule has 0 aliphatic carbocycles. The normalized spacial score (nSPS) is 11.3. The van der Waals surface area contributed by atoms with Crippen molar-refractivity contribution in [3.63, 3.8) is 0 Å². The van der Waals surface area contributed by atoms with Gasteiger partial charge in [0.2, 0.25) is 5.91 Å². The van der Waals surface area contributed by atoms with Crippen molar-refractivity contribution < 1.29 is 13.2 Å². The molecule has 0 radical (unpaired) electrons. The zero-order valence-electron chi connectivity index (χ0n) is 17.7. The summed E-state index contributed by atoms with van der Waals surface area (Å²) in [6.07, 6.45) is 0.0226. The molecule has 0 saturated heterocycles. The molecule has 0 aliphatic rings. The van der Waals surface area contributed by atoms with Crippen LogP contribution in [0.25, 0.3) is 10.9 Å². The molecule has 1 aromatic heterocycles. The van der Waals surface area contributed by atoms with Crippen molar-refractivity contribution >= 4 is 38.2 Å². The van der Waals surface area contributed by atoms with Crippen molar-refractivity contribution in [1.82, 2.24) is 15.0 Å². The molecule has 4 aromatic rings. The van der Waals surface area contributed by atoms with Gasteiger partial charge in [0.05, 0.1) is 16.8 Å². The van der Waals surface area contributed by atoms with Crippen LogP contribution in [0.1, 0.15) is 12.0 Å². The lowest BCUT2D eigenvalue weighted by molar-refractivity contribution is -0.116. The maximum atomic E-state index is 12.5. The Morgan fingerprint density at radius 1 is 0.939 bits per heavy atom. The number of anilines is 2. The van der Waals surface area contributed by atoms with E-state index in [1.807, 2.05) is 6.92 Å². The smallest absolute Gasteiger partial charge is 0.277 e. The fourth-order valence-corrected chi connectivity index (χ4v) is 4.21. The van der Waals surface area contributed by atoms with Gasteiger partial charge in [0.25, 0.3) is 15.6 Å². The van der Waals surface area contributed by atoms with Gasteiger partial charge in [-0.1, -0.05) is 35.0 Å². The number of nitrogens with zero attached hydrogens (tertiary/aromatic N) is 3. The van der Waals surface area contributed by atoms with Crippen LogP contribution in [0.5, 0.6) is 0 Å². The van der Waals surface area contributed by atoms with Crippen molar-refractivity contribution in [1.29, 1.82) is 0 Å². The Morgan fingerprint density at radius 3 is 2.33 bits per heavy atom. The Labute approximate surface area is 190 Å². The Hall–Kier alpha value is -4.05. The number of rotatable bonds is 7. The van der Waals surface area contributed by atoms with Gasteiger partial charge in [-0.05, 0) is 55.5 Å². The lowest BCUT2D eigenvalue weighted by atomic mass is 10.2. The molecule has 9 nitrogen and oxygen atoms in total. The number of hydrogen-bond donors (Lipinski definition) is 2. The minimum atomic E-state index is -3.71. The Bertz CT molecular complexity index is 1460. The van der Waals surface area contributed by atoms with Gasteiger partial charge in [-0.15, -0.1) is 5.10 Å². The summed E-state index contributed by atoms with van der Waals surface area (Å²) in [7, 11) is -3.71. The molecule has 0 fully saturated rings. The number of carbonyl (C=O) groups excluding carboxylic acids is 1. The molecule has 1 heterocycles. The highest BCUT2D eigenvalue weighted by Gasteiger charge is 2.14. The van der Waals surface area contributed by atoms with Crippen molar-refractivity contribution in [3.05, 3.63) is 88.7 Å². The Morgan fingerprint density at radius 2 is 1.61 bits per heavy atom. The molecule has 0 spiro atoms. The molecule has 0 atom stereocenters. The first-order chi connectivity index (χ1) is 15.8. The molecule has 0 bridgehead atoms. The molecule has 3 aromatic carbocycles. The molecular weight excluding hydrogens is 442 g/mol. The van der Waals surface area contributed by atoms with E-state index in [0.717, 1.165) is 10.2 Å². The van der Waals surface area contributed by atoms with E-state index in [4.69, 9.17) is 0 Å². The van der Waals surface area contributed by atoms with Crippen molar-refractivity contribution in [2.45, 2.75) is 24.8 Å². The lowest BCUT2D eigenvalue weighted by Crippen LogP contribution is -2.26. The summed E-state index contributed by atoms with van der Waals surface area (Å²) in [5.74, 6) is -0.315. The van der Waals surface area contributed by atoms with Crippen molar-refractivity contribution in [2.24, 2.45) is 0 Å². The van der Waals surface area contributed by atoms with Crippen LogP contribution in [0.4, 0.5) is 11.4 Å². The molecule has 10 heteroatoms. The van der Waals surface area contributed by atoms with Crippen LogP contribution < -0.4 is 15.6 Å². The topological polar surface area (TPSA) is 123 Å². The van der Waals surface area contributed by atoms with E-state index in [9.17, 15) is 18.0 Å². The van der Waals surface area contributed by atoms with Crippen LogP contribution in [-0.4, -0.2) is 29.3 Å². The van der Waals surface area contributed by atoms with E-state index in [2.05, 4.69) is 20.4 Å². The average molecular weight is 464 g/mol. The minimum Gasteiger partial charge on any atom is -0.326 e. The van der Waals surface area contributed by atoms with Gasteiger partial charge in [-0.2, -0.15) is 0 Å². The molecule has 0 saturated carbocycles. The summed E-state index contributed by atoms with van der Waals surface area (Å²) < 4.78 is 28.6. The van der Waals surface area contributed by atoms with Gasteiger partial charge in [0.1, 0.15) is 5.52 Å². The number of aromatic nitrogens is 3. The number of nitrogens with one attached hydrogen (secondary N) is 2. The standard InChI is InChI=1S/C23H21N5O4S/c1-16-6-12-19(13-7-16)33(31,32)26-18-10-8-17(9-11-18)24-22(29)14-15-28-23(30)20-4-2-3-5-21(20)25-27-28/h2-13,26H,14-15H2,1H3,(H,24,29). The zero-order valence-corrected chi connectivity index (χ0v) is 18.5. The predicted octanol–water partition coefficient (Wildman–Crippen LogP) is 2.93. The van der Waals surface area contributed by atoms with E-state index in [0.29, 0.717) is 22.3 Å². The van der Waals surface area contributed by atoms with Gasteiger partial charge in [-0.25, -0.2) is 13.1 Å². The van der Waals surface area contributed by atoms with Crippen LogP contribution >= 0.6 is 0 Å². The maximum Gasteiger partial charge on any atom is 0.277 e. The Balaban J connectivity index is 1.36. The number of hydrogen-bond acceptors (Lipinski definition) is 6. The maximum absolute atomic E-state index is 12.5. The van der Waals surface area contributed by atoms with Crippen LogP contribution in [0.3, 0.4) is 0 Å². The first-order valence-electron chi connectivity index (χ1n) is 10.1. The molecular formula is C23H21N5O4S. The highest BCUT2D eigenvalue weighted by molar-refractivity contribution is 7.92. The summed E-state index contributed by atoms with van der Waals surface area (Å²) >= 11 is 0. The van der Waals surface area contributed by atoms with Crippen LogP contribution in [0.15, 0.2) is 82.5 Å². The second-order valence-electron chi connectivity index (χ2n) is 7.43. The summed E-state index contributed by atoms with van der Waals surface area (Å²) in [5, 5.41) is 11.0. The number of fused-ring (bicyclic) bond motifs is 1. The average Bonchev–Trinajstić information content (AvgIpc) is 2.80. The fourth-order valence-electron chi connectivity index (χ4n) is 3.15. The van der Waals surface area contributed by atoms with Crippen LogP contribution in [-0.2, 0) is 21.4 Å². The second-order valence-corrected chi connectivity index (χ2v) is 9.11. The highest BCUT2D eigenvalue weighted by Crippen LogP contribution is 2.19. The monoisotopic (exact) mass is 463 g/mol. The molecule has 168 valence electrons. The molecule has 2 N–H and O–H groups in total. The third kappa shape index (κ3) is 5.24. The van der Waals surface area contributed by atoms with E-state index < -0.39 is 10.0 Å². The molecule has 1 amide bonds. The van der Waals surface area contributed by atoms with Crippen molar-refractivity contribution in [2.75, 3.05) is 10.0 Å². The molecule has 4 rings (SSSR count). The van der Waals surface area contributed by atoms with Gasteiger partial charge in [0, 0.05) is 17.8 Å². The Kier molecular flexibility index (Phi) is 6.18. The van der Waals surface area contributed by atoms with Crippen LogP contribution in [0.2, 0.25) is 0 Å².